The van der Waals surface area contributed by atoms with Crippen LogP contribution in [0.15, 0.2) is 9.59 Å². The first-order valence-corrected chi connectivity index (χ1v) is 10.5. The maximum atomic E-state index is 11.8. The largest absolute Gasteiger partial charge is 0.387 e. The fraction of sp³-hybridized carbons (Fsp3) is 0.667. The molecule has 1 aromatic heterocycles. The van der Waals surface area contributed by atoms with Crippen molar-refractivity contribution in [3.8, 4) is 0 Å². The molecule has 2 heterocycles. The Morgan fingerprint density at radius 1 is 1.45 bits per heavy atom. The number of ether oxygens (including phenoxy) is 1. The van der Waals surface area contributed by atoms with Gasteiger partial charge in [-0.05, 0) is 34.3 Å². The Hall–Kier alpha value is -0.320. The molecule has 1 aliphatic rings. The SMILES string of the molecule is Cn1nc([C@@H]2O[C@H](COP(=S)(Cl)Cl)C(O)[C@@H]2O)c(=O)[nH]c1=O. The van der Waals surface area contributed by atoms with E-state index in [4.69, 9.17) is 31.7 Å². The highest BCUT2D eigenvalue weighted by molar-refractivity contribution is 8.36. The molecule has 0 spiro atoms. The molecule has 124 valence electrons. The Morgan fingerprint density at radius 2 is 2.09 bits per heavy atom. The number of H-pyrrole nitrogens is 1. The Labute approximate surface area is 138 Å². The second kappa shape index (κ2) is 6.66. The van der Waals surface area contributed by atoms with E-state index in [1.54, 1.807) is 0 Å². The molecule has 13 heteroatoms. The summed E-state index contributed by atoms with van der Waals surface area (Å²) in [5.41, 5.74) is -1.78. The molecule has 9 nitrogen and oxygen atoms in total. The minimum absolute atomic E-state index is 0.243. The van der Waals surface area contributed by atoms with Gasteiger partial charge in [-0.1, -0.05) is 0 Å². The third-order valence-electron chi connectivity index (χ3n) is 3.03. The highest BCUT2D eigenvalue weighted by Crippen LogP contribution is 2.58. The van der Waals surface area contributed by atoms with E-state index in [-0.39, 0.29) is 12.3 Å². The zero-order valence-electron chi connectivity index (χ0n) is 11.0. The van der Waals surface area contributed by atoms with Crippen molar-refractivity contribution >= 4 is 39.3 Å². The molecule has 1 aromatic rings. The third-order valence-corrected chi connectivity index (χ3v) is 4.38. The van der Waals surface area contributed by atoms with Crippen molar-refractivity contribution in [1.29, 1.82) is 0 Å². The molecule has 1 saturated heterocycles. The van der Waals surface area contributed by atoms with E-state index in [2.05, 4.69) is 16.9 Å². The number of nitrogens with zero attached hydrogens (tertiary/aromatic N) is 2. The molecule has 0 amide bonds. The number of aromatic amines is 1. The van der Waals surface area contributed by atoms with Crippen LogP contribution in [0.4, 0.5) is 0 Å². The summed E-state index contributed by atoms with van der Waals surface area (Å²) in [5.74, 6) is 0. The number of hydrogen-bond acceptors (Lipinski definition) is 8. The van der Waals surface area contributed by atoms with Crippen molar-refractivity contribution in [2.45, 2.75) is 24.4 Å². The lowest BCUT2D eigenvalue weighted by molar-refractivity contribution is -0.0166. The van der Waals surface area contributed by atoms with Gasteiger partial charge in [-0.2, -0.15) is 5.10 Å². The van der Waals surface area contributed by atoms with E-state index in [1.807, 2.05) is 4.98 Å². The monoisotopic (exact) mass is 391 g/mol. The lowest BCUT2D eigenvalue weighted by Crippen LogP contribution is -2.37. The van der Waals surface area contributed by atoms with Gasteiger partial charge in [0, 0.05) is 7.05 Å². The van der Waals surface area contributed by atoms with Crippen LogP contribution in [-0.4, -0.2) is 49.9 Å². The summed E-state index contributed by atoms with van der Waals surface area (Å²) in [5, 5.41) is 23.7. The zero-order valence-corrected chi connectivity index (χ0v) is 14.3. The molecule has 0 bridgehead atoms. The maximum Gasteiger partial charge on any atom is 0.344 e. The molecule has 0 aromatic carbocycles. The second-order valence-corrected chi connectivity index (χ2v) is 11.8. The van der Waals surface area contributed by atoms with Crippen LogP contribution in [0, 0.1) is 0 Å². The van der Waals surface area contributed by atoms with Gasteiger partial charge in [-0.25, -0.2) is 9.48 Å². The number of hydrogen-bond donors (Lipinski definition) is 3. The number of halogens is 2. The summed E-state index contributed by atoms with van der Waals surface area (Å²) < 4.78 is 11.2. The summed E-state index contributed by atoms with van der Waals surface area (Å²) in [6, 6.07) is 0. The maximum absolute atomic E-state index is 11.8. The fourth-order valence-electron chi connectivity index (χ4n) is 1.95. The van der Waals surface area contributed by atoms with Crippen molar-refractivity contribution in [1.82, 2.24) is 14.8 Å². The highest BCUT2D eigenvalue weighted by atomic mass is 35.9. The molecule has 2 rings (SSSR count). The summed E-state index contributed by atoms with van der Waals surface area (Å²) >= 11 is 15.8. The van der Waals surface area contributed by atoms with Gasteiger partial charge in [0.05, 0.1) is 6.61 Å². The molecule has 4 atom stereocenters. The Bertz CT molecular complexity index is 720. The first-order chi connectivity index (χ1) is 10.1. The smallest absolute Gasteiger partial charge is 0.344 e. The second-order valence-electron chi connectivity index (χ2n) is 4.55. The number of aryl methyl sites for hydroxylation is 1. The van der Waals surface area contributed by atoms with Gasteiger partial charge in [0.2, 0.25) is 4.97 Å². The summed E-state index contributed by atoms with van der Waals surface area (Å²) in [6.45, 7) is -0.261. The fourth-order valence-corrected chi connectivity index (χ4v) is 2.79. The Kier molecular flexibility index (Phi) is 5.46. The van der Waals surface area contributed by atoms with Gasteiger partial charge < -0.3 is 19.5 Å². The van der Waals surface area contributed by atoms with Crippen LogP contribution in [0.5, 0.6) is 0 Å². The first-order valence-electron chi connectivity index (χ1n) is 5.93. The molecule has 1 unspecified atom stereocenters. The molecule has 0 radical (unpaired) electrons. The minimum atomic E-state index is -3.00. The Balaban J connectivity index is 2.23. The van der Waals surface area contributed by atoms with Crippen molar-refractivity contribution in [3.05, 3.63) is 26.5 Å². The molecule has 1 aliphatic heterocycles. The summed E-state index contributed by atoms with van der Waals surface area (Å²) in [4.78, 5) is 22.0. The van der Waals surface area contributed by atoms with Crippen LogP contribution in [-0.2, 0) is 28.1 Å². The van der Waals surface area contributed by atoms with Crippen molar-refractivity contribution in [2.24, 2.45) is 7.05 Å². The van der Waals surface area contributed by atoms with Crippen molar-refractivity contribution in [2.75, 3.05) is 6.61 Å². The van der Waals surface area contributed by atoms with Gasteiger partial charge in [-0.3, -0.25) is 9.78 Å². The van der Waals surface area contributed by atoms with Gasteiger partial charge in [0.25, 0.3) is 5.56 Å². The van der Waals surface area contributed by atoms with E-state index < -0.39 is 40.6 Å². The van der Waals surface area contributed by atoms with Crippen LogP contribution in [0.25, 0.3) is 0 Å². The number of aromatic nitrogens is 3. The number of rotatable bonds is 4. The molecule has 0 saturated carbocycles. The molecule has 1 fully saturated rings. The minimum Gasteiger partial charge on any atom is -0.387 e. The lowest BCUT2D eigenvalue weighted by atomic mass is 10.1. The average molecular weight is 392 g/mol. The quantitative estimate of drug-likeness (QED) is 0.577. The van der Waals surface area contributed by atoms with Crippen LogP contribution < -0.4 is 11.2 Å². The van der Waals surface area contributed by atoms with Gasteiger partial charge in [0.15, 0.2) is 5.69 Å². The van der Waals surface area contributed by atoms with Gasteiger partial charge in [0.1, 0.15) is 24.4 Å². The van der Waals surface area contributed by atoms with Crippen LogP contribution in [0.3, 0.4) is 0 Å². The first kappa shape index (κ1) is 18.0. The molecule has 3 N–H and O–H groups in total. The number of aliphatic hydroxyl groups excluding tert-OH is 2. The van der Waals surface area contributed by atoms with Gasteiger partial charge in [-0.15, -0.1) is 0 Å². The normalized spacial score (nSPS) is 29.0. The highest BCUT2D eigenvalue weighted by Gasteiger charge is 2.45. The van der Waals surface area contributed by atoms with E-state index in [1.165, 1.54) is 7.05 Å². The molecule has 0 aliphatic carbocycles. The van der Waals surface area contributed by atoms with E-state index >= 15 is 0 Å². The predicted octanol–water partition coefficient (Wildman–Crippen LogP) is -0.651. The van der Waals surface area contributed by atoms with Crippen molar-refractivity contribution in [3.63, 3.8) is 0 Å². The Morgan fingerprint density at radius 3 is 2.68 bits per heavy atom. The zero-order chi connectivity index (χ0) is 16.7. The molecular formula is C9H12Cl2N3O6PS. The lowest BCUT2D eigenvalue weighted by Gasteiger charge is -2.15. The molecule has 22 heavy (non-hydrogen) atoms. The predicted molar refractivity (Wildman–Crippen MR) is 81.7 cm³/mol. The molecular weight excluding hydrogens is 380 g/mol. The number of nitrogens with one attached hydrogen (secondary N) is 1. The number of aliphatic hydroxyl groups is 2. The van der Waals surface area contributed by atoms with Gasteiger partial charge >= 0.3 is 5.69 Å². The van der Waals surface area contributed by atoms with E-state index in [0.29, 0.717) is 0 Å². The topological polar surface area (TPSA) is 127 Å². The van der Waals surface area contributed by atoms with E-state index in [9.17, 15) is 19.8 Å². The summed E-state index contributed by atoms with van der Waals surface area (Å²) in [7, 11) is 1.32. The van der Waals surface area contributed by atoms with E-state index in [0.717, 1.165) is 4.68 Å². The van der Waals surface area contributed by atoms with Crippen molar-refractivity contribution < 1.29 is 19.5 Å². The van der Waals surface area contributed by atoms with Crippen LogP contribution in [0.1, 0.15) is 11.8 Å². The summed E-state index contributed by atoms with van der Waals surface area (Å²) in [6.07, 6.45) is -5.04. The third kappa shape index (κ3) is 3.95. The van der Waals surface area contributed by atoms with Crippen LogP contribution >= 0.6 is 27.5 Å². The average Bonchev–Trinajstić information content (AvgIpc) is 2.68. The van der Waals surface area contributed by atoms with Crippen LogP contribution in [0.2, 0.25) is 0 Å². The standard InChI is InChI=1S/C9H12Cl2N3O6PS/c1-14-9(18)12-8(17)4(13-14)7-6(16)5(15)3(20-7)2-19-21(10,11)22/h3,5-7,15-16H,2H2,1H3,(H,12,17,18)/t3-,5?,6+,7+/m1/s1.